The SMILES string of the molecule is NC(=O)C1CCCC1NC(=O)c1ccc(N2CCOCC2=O)cc1. The Morgan fingerprint density at radius 2 is 1.96 bits per heavy atom. The van der Waals surface area contributed by atoms with Gasteiger partial charge in [-0.2, -0.15) is 0 Å². The summed E-state index contributed by atoms with van der Waals surface area (Å²) in [5.41, 5.74) is 6.62. The van der Waals surface area contributed by atoms with Gasteiger partial charge in [0, 0.05) is 23.8 Å². The van der Waals surface area contributed by atoms with E-state index >= 15 is 0 Å². The molecule has 0 aromatic heterocycles. The molecule has 3 N–H and O–H groups in total. The number of morpholine rings is 1. The topological polar surface area (TPSA) is 102 Å². The smallest absolute Gasteiger partial charge is 0.253 e. The first kappa shape index (κ1) is 16.4. The highest BCUT2D eigenvalue weighted by atomic mass is 16.5. The van der Waals surface area contributed by atoms with E-state index in [1.54, 1.807) is 29.2 Å². The minimum atomic E-state index is -0.362. The molecule has 2 fully saturated rings. The van der Waals surface area contributed by atoms with Crippen LogP contribution in [0.3, 0.4) is 0 Å². The maximum atomic E-state index is 12.4. The molecule has 3 rings (SSSR count). The number of hydrogen-bond acceptors (Lipinski definition) is 4. The third kappa shape index (κ3) is 3.41. The summed E-state index contributed by atoms with van der Waals surface area (Å²) in [6, 6.07) is 6.66. The van der Waals surface area contributed by atoms with Gasteiger partial charge < -0.3 is 20.7 Å². The number of amides is 3. The second-order valence-electron chi connectivity index (χ2n) is 6.16. The molecule has 2 aliphatic rings. The Balaban J connectivity index is 1.65. The molecule has 1 aliphatic heterocycles. The fourth-order valence-corrected chi connectivity index (χ4v) is 3.31. The highest BCUT2D eigenvalue weighted by Gasteiger charge is 2.32. The van der Waals surface area contributed by atoms with Crippen LogP contribution in [0.2, 0.25) is 0 Å². The van der Waals surface area contributed by atoms with Gasteiger partial charge in [0.15, 0.2) is 0 Å². The van der Waals surface area contributed by atoms with Gasteiger partial charge in [-0.25, -0.2) is 0 Å². The Hall–Kier alpha value is -2.41. The molecule has 1 aliphatic carbocycles. The minimum Gasteiger partial charge on any atom is -0.370 e. The number of nitrogens with zero attached hydrogens (tertiary/aromatic N) is 1. The summed E-state index contributed by atoms with van der Waals surface area (Å²) in [6.07, 6.45) is 2.37. The van der Waals surface area contributed by atoms with Crippen LogP contribution in [-0.4, -0.2) is 43.5 Å². The minimum absolute atomic E-state index is 0.0818. The quantitative estimate of drug-likeness (QED) is 0.835. The number of carbonyl (C=O) groups is 3. The molecular formula is C17H21N3O4. The average molecular weight is 331 g/mol. The van der Waals surface area contributed by atoms with Crippen LogP contribution in [0.15, 0.2) is 24.3 Å². The van der Waals surface area contributed by atoms with Crippen molar-refractivity contribution in [1.82, 2.24) is 5.32 Å². The summed E-state index contributed by atoms with van der Waals surface area (Å²) in [5, 5.41) is 2.89. The number of nitrogens with two attached hydrogens (primary N) is 1. The zero-order valence-electron chi connectivity index (χ0n) is 13.4. The van der Waals surface area contributed by atoms with Crippen LogP contribution in [0.4, 0.5) is 5.69 Å². The maximum Gasteiger partial charge on any atom is 0.253 e. The number of hydrogen-bond donors (Lipinski definition) is 2. The molecule has 7 nitrogen and oxygen atoms in total. The first-order valence-electron chi connectivity index (χ1n) is 8.14. The first-order valence-corrected chi connectivity index (χ1v) is 8.14. The number of primary amides is 1. The lowest BCUT2D eigenvalue weighted by atomic mass is 10.0. The van der Waals surface area contributed by atoms with Crippen molar-refractivity contribution in [2.75, 3.05) is 24.7 Å². The molecule has 0 spiro atoms. The molecule has 1 saturated carbocycles. The molecule has 0 radical (unpaired) electrons. The van der Waals surface area contributed by atoms with E-state index in [4.69, 9.17) is 10.5 Å². The van der Waals surface area contributed by atoms with Gasteiger partial charge in [0.25, 0.3) is 11.8 Å². The predicted molar refractivity (Wildman–Crippen MR) is 87.4 cm³/mol. The van der Waals surface area contributed by atoms with Crippen molar-refractivity contribution in [2.24, 2.45) is 11.7 Å². The summed E-state index contributed by atoms with van der Waals surface area (Å²) >= 11 is 0. The molecule has 0 bridgehead atoms. The zero-order valence-corrected chi connectivity index (χ0v) is 13.4. The largest absolute Gasteiger partial charge is 0.370 e. The van der Waals surface area contributed by atoms with Gasteiger partial charge in [-0.05, 0) is 37.1 Å². The fraction of sp³-hybridized carbons (Fsp3) is 0.471. The molecule has 1 saturated heterocycles. The number of rotatable bonds is 4. The highest BCUT2D eigenvalue weighted by Crippen LogP contribution is 2.26. The Morgan fingerprint density at radius 1 is 1.21 bits per heavy atom. The Bertz CT molecular complexity index is 644. The van der Waals surface area contributed by atoms with E-state index in [0.29, 0.717) is 18.7 Å². The molecular weight excluding hydrogens is 310 g/mol. The van der Waals surface area contributed by atoms with Crippen molar-refractivity contribution in [1.29, 1.82) is 0 Å². The van der Waals surface area contributed by atoms with Crippen LogP contribution in [0, 0.1) is 5.92 Å². The number of anilines is 1. The van der Waals surface area contributed by atoms with E-state index in [1.807, 2.05) is 0 Å². The van der Waals surface area contributed by atoms with E-state index < -0.39 is 0 Å². The average Bonchev–Trinajstić information content (AvgIpc) is 3.04. The number of nitrogens with one attached hydrogen (secondary N) is 1. The van der Waals surface area contributed by atoms with Gasteiger partial charge in [-0.15, -0.1) is 0 Å². The monoisotopic (exact) mass is 331 g/mol. The van der Waals surface area contributed by atoms with Gasteiger partial charge in [0.1, 0.15) is 6.61 Å². The van der Waals surface area contributed by atoms with Crippen molar-refractivity contribution >= 4 is 23.4 Å². The molecule has 128 valence electrons. The molecule has 1 aromatic carbocycles. The maximum absolute atomic E-state index is 12.4. The third-order valence-electron chi connectivity index (χ3n) is 4.62. The van der Waals surface area contributed by atoms with Gasteiger partial charge in [-0.3, -0.25) is 14.4 Å². The Kier molecular flexibility index (Phi) is 4.80. The van der Waals surface area contributed by atoms with Crippen molar-refractivity contribution in [3.63, 3.8) is 0 Å². The van der Waals surface area contributed by atoms with Gasteiger partial charge in [0.2, 0.25) is 5.91 Å². The molecule has 1 aromatic rings. The summed E-state index contributed by atoms with van der Waals surface area (Å²) in [5.74, 6) is -0.972. The van der Waals surface area contributed by atoms with E-state index in [1.165, 1.54) is 0 Å². The molecule has 1 heterocycles. The van der Waals surface area contributed by atoms with E-state index in [-0.39, 0.29) is 36.3 Å². The van der Waals surface area contributed by atoms with E-state index in [0.717, 1.165) is 24.9 Å². The number of ether oxygens (including phenoxy) is 1. The first-order chi connectivity index (χ1) is 11.6. The summed E-state index contributed by atoms with van der Waals surface area (Å²) in [6.45, 7) is 1.09. The second kappa shape index (κ2) is 7.00. The summed E-state index contributed by atoms with van der Waals surface area (Å²) in [4.78, 5) is 37.2. The van der Waals surface area contributed by atoms with Crippen LogP contribution in [0.25, 0.3) is 0 Å². The lowest BCUT2D eigenvalue weighted by Crippen LogP contribution is -2.42. The normalized spacial score (nSPS) is 24.0. The zero-order chi connectivity index (χ0) is 17.1. The van der Waals surface area contributed by atoms with Gasteiger partial charge in [0.05, 0.1) is 12.5 Å². The predicted octanol–water partition coefficient (Wildman–Crippen LogP) is 0.434. The fourth-order valence-electron chi connectivity index (χ4n) is 3.31. The van der Waals surface area contributed by atoms with Crippen molar-refractivity contribution < 1.29 is 19.1 Å². The van der Waals surface area contributed by atoms with Crippen molar-refractivity contribution in [2.45, 2.75) is 25.3 Å². The van der Waals surface area contributed by atoms with Crippen molar-refractivity contribution in [3.05, 3.63) is 29.8 Å². The Morgan fingerprint density at radius 3 is 2.62 bits per heavy atom. The number of carbonyl (C=O) groups excluding carboxylic acids is 3. The molecule has 24 heavy (non-hydrogen) atoms. The van der Waals surface area contributed by atoms with Crippen LogP contribution in [0.5, 0.6) is 0 Å². The third-order valence-corrected chi connectivity index (χ3v) is 4.62. The molecule has 3 amide bonds. The number of benzene rings is 1. The van der Waals surface area contributed by atoms with Crippen molar-refractivity contribution in [3.8, 4) is 0 Å². The van der Waals surface area contributed by atoms with Crippen LogP contribution in [-0.2, 0) is 14.3 Å². The van der Waals surface area contributed by atoms with Crippen LogP contribution >= 0.6 is 0 Å². The van der Waals surface area contributed by atoms with E-state index in [9.17, 15) is 14.4 Å². The lowest BCUT2D eigenvalue weighted by Gasteiger charge is -2.27. The van der Waals surface area contributed by atoms with Crippen LogP contribution in [0.1, 0.15) is 29.6 Å². The summed E-state index contributed by atoms with van der Waals surface area (Å²) in [7, 11) is 0. The molecule has 2 unspecified atom stereocenters. The molecule has 2 atom stereocenters. The Labute approximate surface area is 140 Å². The highest BCUT2D eigenvalue weighted by molar-refractivity contribution is 5.97. The van der Waals surface area contributed by atoms with E-state index in [2.05, 4.69) is 5.32 Å². The standard InChI is InChI=1S/C17H21N3O4/c18-16(22)13-2-1-3-14(13)19-17(23)11-4-6-12(7-5-11)20-8-9-24-10-15(20)21/h4-7,13-14H,1-3,8-10H2,(H2,18,22)(H,19,23). The summed E-state index contributed by atoms with van der Waals surface area (Å²) < 4.78 is 5.11. The van der Waals surface area contributed by atoms with Gasteiger partial charge in [-0.1, -0.05) is 6.42 Å². The van der Waals surface area contributed by atoms with Gasteiger partial charge >= 0.3 is 0 Å². The van der Waals surface area contributed by atoms with Crippen LogP contribution < -0.4 is 16.0 Å². The molecule has 7 heteroatoms. The second-order valence-corrected chi connectivity index (χ2v) is 6.16. The lowest BCUT2D eigenvalue weighted by molar-refractivity contribution is -0.125.